The largest absolute Gasteiger partial charge is 0.375 e. The van der Waals surface area contributed by atoms with Gasteiger partial charge in [-0.25, -0.2) is 0 Å². The molecule has 4 nitrogen and oxygen atoms in total. The van der Waals surface area contributed by atoms with Gasteiger partial charge in [-0.3, -0.25) is 4.79 Å². The Balaban J connectivity index is 2.35. The van der Waals surface area contributed by atoms with Crippen molar-refractivity contribution in [3.8, 4) is 0 Å². The number of nitrogens with zero attached hydrogens (tertiary/aromatic N) is 1. The Hall–Kier alpha value is -0.610. The molecule has 17 heavy (non-hydrogen) atoms. The molecule has 2 N–H and O–H groups in total. The van der Waals surface area contributed by atoms with E-state index >= 15 is 0 Å². The van der Waals surface area contributed by atoms with E-state index < -0.39 is 0 Å². The fraction of sp³-hybridized carbons (Fsp3) is 0.923. The molecule has 0 radical (unpaired) electrons. The third kappa shape index (κ3) is 4.64. The zero-order chi connectivity index (χ0) is 12.8. The van der Waals surface area contributed by atoms with Crippen molar-refractivity contribution in [2.24, 2.45) is 11.7 Å². The van der Waals surface area contributed by atoms with Gasteiger partial charge < -0.3 is 15.4 Å². The summed E-state index contributed by atoms with van der Waals surface area (Å²) in [6.07, 6.45) is 2.74. The first-order chi connectivity index (χ1) is 8.04. The number of morpholine rings is 1. The lowest BCUT2D eigenvalue weighted by Gasteiger charge is -2.37. The summed E-state index contributed by atoms with van der Waals surface area (Å²) in [5.41, 5.74) is 5.51. The summed E-state index contributed by atoms with van der Waals surface area (Å²) in [6, 6.07) is 0.212. The van der Waals surface area contributed by atoms with E-state index in [0.29, 0.717) is 25.5 Å². The highest BCUT2D eigenvalue weighted by atomic mass is 16.5. The quantitative estimate of drug-likeness (QED) is 0.792. The topological polar surface area (TPSA) is 55.6 Å². The number of hydrogen-bond donors (Lipinski definition) is 1. The van der Waals surface area contributed by atoms with E-state index in [1.807, 2.05) is 18.7 Å². The van der Waals surface area contributed by atoms with Gasteiger partial charge in [0.05, 0.1) is 18.8 Å². The number of ether oxygens (including phenoxy) is 1. The molecule has 1 aliphatic heterocycles. The molecule has 3 atom stereocenters. The Bertz CT molecular complexity index is 246. The zero-order valence-electron chi connectivity index (χ0n) is 11.3. The SMILES string of the molecule is CC(CCN)CCC(=O)N1CC(C)OCC1C. The molecular weight excluding hydrogens is 216 g/mol. The molecule has 0 saturated carbocycles. The minimum atomic E-state index is 0.164. The van der Waals surface area contributed by atoms with Crippen LogP contribution < -0.4 is 5.73 Å². The standard InChI is InChI=1S/C13H26N2O2/c1-10(6-7-14)4-5-13(16)15-8-12(3)17-9-11(15)2/h10-12H,4-9,14H2,1-3H3. The summed E-state index contributed by atoms with van der Waals surface area (Å²) in [4.78, 5) is 14.1. The molecular formula is C13H26N2O2. The average molecular weight is 242 g/mol. The summed E-state index contributed by atoms with van der Waals surface area (Å²) in [7, 11) is 0. The second-order valence-electron chi connectivity index (χ2n) is 5.26. The first-order valence-electron chi connectivity index (χ1n) is 6.65. The van der Waals surface area contributed by atoms with E-state index in [1.165, 1.54) is 0 Å². The molecule has 0 aromatic carbocycles. The van der Waals surface area contributed by atoms with Gasteiger partial charge in [0.2, 0.25) is 5.91 Å². The number of carbonyl (C=O) groups is 1. The monoisotopic (exact) mass is 242 g/mol. The van der Waals surface area contributed by atoms with Crippen molar-refractivity contribution in [3.05, 3.63) is 0 Å². The van der Waals surface area contributed by atoms with Crippen molar-refractivity contribution >= 4 is 5.91 Å². The lowest BCUT2D eigenvalue weighted by Crippen LogP contribution is -2.50. The highest BCUT2D eigenvalue weighted by Gasteiger charge is 2.27. The van der Waals surface area contributed by atoms with Gasteiger partial charge in [0.25, 0.3) is 0 Å². The van der Waals surface area contributed by atoms with Gasteiger partial charge >= 0.3 is 0 Å². The fourth-order valence-electron chi connectivity index (χ4n) is 2.19. The van der Waals surface area contributed by atoms with Crippen LogP contribution in [0.5, 0.6) is 0 Å². The second kappa shape index (κ2) is 6.97. The van der Waals surface area contributed by atoms with E-state index in [9.17, 15) is 4.79 Å². The van der Waals surface area contributed by atoms with Crippen LogP contribution in [0.4, 0.5) is 0 Å². The van der Waals surface area contributed by atoms with Gasteiger partial charge in [0, 0.05) is 13.0 Å². The molecule has 1 rings (SSSR count). The minimum absolute atomic E-state index is 0.164. The molecule has 1 fully saturated rings. The van der Waals surface area contributed by atoms with Crippen molar-refractivity contribution in [2.45, 2.75) is 52.2 Å². The van der Waals surface area contributed by atoms with Gasteiger partial charge in [-0.15, -0.1) is 0 Å². The van der Waals surface area contributed by atoms with Gasteiger partial charge in [-0.2, -0.15) is 0 Å². The van der Waals surface area contributed by atoms with Gasteiger partial charge in [-0.1, -0.05) is 6.92 Å². The molecule has 0 aliphatic carbocycles. The van der Waals surface area contributed by atoms with Crippen LogP contribution in [0, 0.1) is 5.92 Å². The van der Waals surface area contributed by atoms with Crippen LogP contribution in [0.25, 0.3) is 0 Å². The molecule has 3 unspecified atom stereocenters. The number of nitrogens with two attached hydrogens (primary N) is 1. The van der Waals surface area contributed by atoms with E-state index in [-0.39, 0.29) is 18.1 Å². The lowest BCUT2D eigenvalue weighted by molar-refractivity contribution is -0.143. The maximum atomic E-state index is 12.1. The number of hydrogen-bond acceptors (Lipinski definition) is 3. The molecule has 0 aromatic rings. The third-order valence-corrected chi connectivity index (χ3v) is 3.44. The number of rotatable bonds is 5. The van der Waals surface area contributed by atoms with Crippen molar-refractivity contribution < 1.29 is 9.53 Å². The van der Waals surface area contributed by atoms with Crippen molar-refractivity contribution in [3.63, 3.8) is 0 Å². The van der Waals surface area contributed by atoms with Crippen LogP contribution in [-0.4, -0.2) is 42.6 Å². The second-order valence-corrected chi connectivity index (χ2v) is 5.26. The Labute approximate surface area is 104 Å². The van der Waals surface area contributed by atoms with Crippen LogP contribution in [0.2, 0.25) is 0 Å². The summed E-state index contributed by atoms with van der Waals surface area (Å²) in [5.74, 6) is 0.800. The molecule has 1 aliphatic rings. The third-order valence-electron chi connectivity index (χ3n) is 3.44. The molecule has 4 heteroatoms. The lowest BCUT2D eigenvalue weighted by atomic mass is 10.0. The number of amides is 1. The van der Waals surface area contributed by atoms with Crippen molar-refractivity contribution in [2.75, 3.05) is 19.7 Å². The maximum Gasteiger partial charge on any atom is 0.222 e. The highest BCUT2D eigenvalue weighted by Crippen LogP contribution is 2.16. The van der Waals surface area contributed by atoms with Crippen LogP contribution in [0.15, 0.2) is 0 Å². The summed E-state index contributed by atoms with van der Waals surface area (Å²) in [5, 5.41) is 0. The van der Waals surface area contributed by atoms with Gasteiger partial charge in [0.1, 0.15) is 0 Å². The molecule has 100 valence electrons. The Morgan fingerprint density at radius 2 is 2.18 bits per heavy atom. The molecule has 1 saturated heterocycles. The molecule has 0 aromatic heterocycles. The van der Waals surface area contributed by atoms with Gasteiger partial charge in [0.15, 0.2) is 0 Å². The van der Waals surface area contributed by atoms with Crippen LogP contribution in [0.1, 0.15) is 40.0 Å². The fourth-order valence-corrected chi connectivity index (χ4v) is 2.19. The van der Waals surface area contributed by atoms with Crippen molar-refractivity contribution in [1.29, 1.82) is 0 Å². The van der Waals surface area contributed by atoms with E-state index in [1.54, 1.807) is 0 Å². The Morgan fingerprint density at radius 1 is 1.47 bits per heavy atom. The molecule has 1 amide bonds. The van der Waals surface area contributed by atoms with Crippen molar-refractivity contribution in [1.82, 2.24) is 4.90 Å². The Kier molecular flexibility index (Phi) is 5.92. The molecule has 1 heterocycles. The van der Waals surface area contributed by atoms with Crippen LogP contribution in [-0.2, 0) is 9.53 Å². The van der Waals surface area contributed by atoms with Crippen LogP contribution in [0.3, 0.4) is 0 Å². The zero-order valence-corrected chi connectivity index (χ0v) is 11.3. The molecule has 0 bridgehead atoms. The predicted octanol–water partition coefficient (Wildman–Crippen LogP) is 1.39. The van der Waals surface area contributed by atoms with E-state index in [2.05, 4.69) is 6.92 Å². The summed E-state index contributed by atoms with van der Waals surface area (Å²) >= 11 is 0. The molecule has 0 spiro atoms. The van der Waals surface area contributed by atoms with E-state index in [4.69, 9.17) is 10.5 Å². The van der Waals surface area contributed by atoms with E-state index in [0.717, 1.165) is 19.4 Å². The van der Waals surface area contributed by atoms with Crippen LogP contribution >= 0.6 is 0 Å². The summed E-state index contributed by atoms with van der Waals surface area (Å²) < 4.78 is 5.52. The maximum absolute atomic E-state index is 12.1. The normalized spacial score (nSPS) is 26.9. The van der Waals surface area contributed by atoms with Gasteiger partial charge in [-0.05, 0) is 39.2 Å². The minimum Gasteiger partial charge on any atom is -0.375 e. The summed E-state index contributed by atoms with van der Waals surface area (Å²) in [6.45, 7) is 8.32. The Morgan fingerprint density at radius 3 is 2.82 bits per heavy atom. The number of carbonyl (C=O) groups excluding carboxylic acids is 1. The first-order valence-corrected chi connectivity index (χ1v) is 6.65. The first kappa shape index (κ1) is 14.5. The average Bonchev–Trinajstić information content (AvgIpc) is 2.29. The smallest absolute Gasteiger partial charge is 0.222 e. The highest BCUT2D eigenvalue weighted by molar-refractivity contribution is 5.76. The predicted molar refractivity (Wildman–Crippen MR) is 68.7 cm³/mol.